The van der Waals surface area contributed by atoms with Crippen molar-refractivity contribution in [2.45, 2.75) is 37.3 Å². The highest BCUT2D eigenvalue weighted by Gasteiger charge is 2.50. The number of piperidine rings is 1. The van der Waals surface area contributed by atoms with Crippen molar-refractivity contribution >= 4 is 5.91 Å². The summed E-state index contributed by atoms with van der Waals surface area (Å²) in [7, 11) is 2.00. The maximum absolute atomic E-state index is 12.8. The lowest BCUT2D eigenvalue weighted by atomic mass is 9.81. The first-order valence-corrected chi connectivity index (χ1v) is 8.74. The van der Waals surface area contributed by atoms with Crippen LogP contribution in [0.25, 0.3) is 0 Å². The maximum Gasteiger partial charge on any atom is 0.230 e. The third kappa shape index (κ3) is 2.65. The van der Waals surface area contributed by atoms with E-state index in [1.807, 2.05) is 42.5 Å². The summed E-state index contributed by atoms with van der Waals surface area (Å²) in [6, 6.07) is 12.3. The Morgan fingerprint density at radius 2 is 1.92 bits per heavy atom. The Bertz CT molecular complexity index is 688. The summed E-state index contributed by atoms with van der Waals surface area (Å²) in [4.78, 5) is 17.3. The van der Waals surface area contributed by atoms with Crippen LogP contribution in [0.15, 0.2) is 53.3 Å². The fourth-order valence-corrected chi connectivity index (χ4v) is 4.33. The van der Waals surface area contributed by atoms with Crippen LogP contribution >= 0.6 is 0 Å². The second kappa shape index (κ2) is 6.10. The first-order valence-electron chi connectivity index (χ1n) is 8.74. The molecule has 0 bridgehead atoms. The Hall–Kier alpha value is -2.07. The minimum absolute atomic E-state index is 0.0247. The number of nitrogens with zero attached hydrogens (tertiary/aromatic N) is 2. The predicted octanol–water partition coefficient (Wildman–Crippen LogP) is 3.26. The molecule has 4 nitrogen and oxygen atoms in total. The van der Waals surface area contributed by atoms with E-state index in [0.29, 0.717) is 0 Å². The summed E-state index contributed by atoms with van der Waals surface area (Å²) in [5.41, 5.74) is 2.42. The van der Waals surface area contributed by atoms with Gasteiger partial charge in [0.25, 0.3) is 0 Å². The van der Waals surface area contributed by atoms with Gasteiger partial charge in [0.05, 0.1) is 18.4 Å². The van der Waals surface area contributed by atoms with Crippen molar-refractivity contribution in [1.29, 1.82) is 0 Å². The molecule has 0 radical (unpaired) electrons. The first-order chi connectivity index (χ1) is 11.7. The van der Waals surface area contributed by atoms with Gasteiger partial charge in [0.15, 0.2) is 0 Å². The third-order valence-corrected chi connectivity index (χ3v) is 5.90. The molecule has 1 spiro atoms. The summed E-state index contributed by atoms with van der Waals surface area (Å²) in [6.45, 7) is 3.00. The van der Waals surface area contributed by atoms with E-state index in [-0.39, 0.29) is 17.4 Å². The number of furan rings is 1. The molecule has 24 heavy (non-hydrogen) atoms. The maximum atomic E-state index is 12.8. The van der Waals surface area contributed by atoms with Crippen LogP contribution in [0.2, 0.25) is 0 Å². The van der Waals surface area contributed by atoms with Gasteiger partial charge in [-0.05, 0) is 30.9 Å². The SMILES string of the molecule is CN1C(=O)C(c2ccccc2)CC12CCN(Cc1ccoc1)CC2. The molecule has 1 amide bonds. The molecule has 2 fully saturated rings. The van der Waals surface area contributed by atoms with E-state index in [9.17, 15) is 4.79 Å². The van der Waals surface area contributed by atoms with E-state index in [4.69, 9.17) is 4.42 Å². The van der Waals surface area contributed by atoms with Gasteiger partial charge >= 0.3 is 0 Å². The van der Waals surface area contributed by atoms with Crippen LogP contribution in [0.4, 0.5) is 0 Å². The second-order valence-electron chi connectivity index (χ2n) is 7.20. The first kappa shape index (κ1) is 15.5. The molecule has 1 atom stereocenters. The van der Waals surface area contributed by atoms with Crippen molar-refractivity contribution in [3.63, 3.8) is 0 Å². The smallest absolute Gasteiger partial charge is 0.230 e. The molecule has 4 rings (SSSR count). The summed E-state index contributed by atoms with van der Waals surface area (Å²) >= 11 is 0. The zero-order chi connectivity index (χ0) is 16.6. The van der Waals surface area contributed by atoms with Crippen LogP contribution in [0.5, 0.6) is 0 Å². The van der Waals surface area contributed by atoms with Crippen molar-refractivity contribution < 1.29 is 9.21 Å². The zero-order valence-electron chi connectivity index (χ0n) is 14.1. The Morgan fingerprint density at radius 3 is 2.58 bits per heavy atom. The number of rotatable bonds is 3. The molecular weight excluding hydrogens is 300 g/mol. The number of carbonyl (C=O) groups is 1. The molecule has 2 aliphatic rings. The van der Waals surface area contributed by atoms with Crippen molar-refractivity contribution in [3.8, 4) is 0 Å². The van der Waals surface area contributed by atoms with Gasteiger partial charge in [-0.1, -0.05) is 30.3 Å². The average molecular weight is 324 g/mol. The van der Waals surface area contributed by atoms with Crippen LogP contribution in [0.3, 0.4) is 0 Å². The lowest BCUT2D eigenvalue weighted by Gasteiger charge is -2.43. The Balaban J connectivity index is 1.45. The van der Waals surface area contributed by atoms with E-state index in [0.717, 1.165) is 44.5 Å². The fraction of sp³-hybridized carbons (Fsp3) is 0.450. The van der Waals surface area contributed by atoms with Crippen LogP contribution in [0, 0.1) is 0 Å². The fourth-order valence-electron chi connectivity index (χ4n) is 4.33. The van der Waals surface area contributed by atoms with E-state index >= 15 is 0 Å². The minimum Gasteiger partial charge on any atom is -0.472 e. The highest BCUT2D eigenvalue weighted by molar-refractivity contribution is 5.87. The third-order valence-electron chi connectivity index (χ3n) is 5.90. The highest BCUT2D eigenvalue weighted by Crippen LogP contribution is 2.44. The monoisotopic (exact) mass is 324 g/mol. The predicted molar refractivity (Wildman–Crippen MR) is 92.5 cm³/mol. The zero-order valence-corrected chi connectivity index (χ0v) is 14.1. The second-order valence-corrected chi connectivity index (χ2v) is 7.20. The summed E-state index contributed by atoms with van der Waals surface area (Å²) in [5.74, 6) is 0.307. The molecule has 2 aromatic rings. The summed E-state index contributed by atoms with van der Waals surface area (Å²) in [5, 5.41) is 0. The van der Waals surface area contributed by atoms with E-state index in [1.165, 1.54) is 5.56 Å². The van der Waals surface area contributed by atoms with Gasteiger partial charge in [0.1, 0.15) is 0 Å². The van der Waals surface area contributed by atoms with Gasteiger partial charge in [-0.15, -0.1) is 0 Å². The highest BCUT2D eigenvalue weighted by atomic mass is 16.3. The van der Waals surface area contributed by atoms with Gasteiger partial charge < -0.3 is 9.32 Å². The van der Waals surface area contributed by atoms with Gasteiger partial charge in [0.2, 0.25) is 5.91 Å². The quantitative estimate of drug-likeness (QED) is 0.869. The molecule has 2 saturated heterocycles. The Morgan fingerprint density at radius 1 is 1.17 bits per heavy atom. The topological polar surface area (TPSA) is 36.7 Å². The van der Waals surface area contributed by atoms with Crippen molar-refractivity contribution in [2.24, 2.45) is 0 Å². The van der Waals surface area contributed by atoms with Crippen LogP contribution in [0.1, 0.15) is 36.3 Å². The standard InChI is InChI=1S/C20H24N2O2/c1-21-19(23)18(17-5-3-2-4-6-17)13-20(21)8-10-22(11-9-20)14-16-7-12-24-15-16/h2-7,12,15,18H,8-11,13-14H2,1H3. The molecule has 4 heteroatoms. The van der Waals surface area contributed by atoms with E-state index in [1.54, 1.807) is 6.26 Å². The van der Waals surface area contributed by atoms with Gasteiger partial charge in [0, 0.05) is 37.8 Å². The van der Waals surface area contributed by atoms with E-state index in [2.05, 4.69) is 17.0 Å². The van der Waals surface area contributed by atoms with Crippen molar-refractivity contribution in [3.05, 3.63) is 60.1 Å². The van der Waals surface area contributed by atoms with Crippen molar-refractivity contribution in [2.75, 3.05) is 20.1 Å². The summed E-state index contributed by atoms with van der Waals surface area (Å²) in [6.07, 6.45) is 6.61. The number of hydrogen-bond donors (Lipinski definition) is 0. The lowest BCUT2D eigenvalue weighted by Crippen LogP contribution is -2.51. The Kier molecular flexibility index (Phi) is 3.93. The average Bonchev–Trinajstić information content (AvgIpc) is 3.21. The molecule has 2 aliphatic heterocycles. The molecule has 1 aromatic heterocycles. The molecule has 126 valence electrons. The molecular formula is C20H24N2O2. The minimum atomic E-state index is 0.0247. The number of likely N-dealkylation sites (N-methyl/N-ethyl adjacent to an activating group) is 1. The van der Waals surface area contributed by atoms with E-state index < -0.39 is 0 Å². The van der Waals surface area contributed by atoms with Crippen LogP contribution in [-0.2, 0) is 11.3 Å². The van der Waals surface area contributed by atoms with Gasteiger partial charge in [-0.2, -0.15) is 0 Å². The normalized spacial score (nSPS) is 24.0. The van der Waals surface area contributed by atoms with Gasteiger partial charge in [-0.25, -0.2) is 0 Å². The molecule has 0 N–H and O–H groups in total. The summed E-state index contributed by atoms with van der Waals surface area (Å²) < 4.78 is 5.16. The van der Waals surface area contributed by atoms with Crippen LogP contribution in [-0.4, -0.2) is 41.4 Å². The molecule has 1 unspecified atom stereocenters. The number of likely N-dealkylation sites (tertiary alicyclic amines) is 2. The van der Waals surface area contributed by atoms with Crippen molar-refractivity contribution in [1.82, 2.24) is 9.80 Å². The number of benzene rings is 1. The largest absolute Gasteiger partial charge is 0.472 e. The number of hydrogen-bond acceptors (Lipinski definition) is 3. The molecule has 1 aromatic carbocycles. The Labute approximate surface area is 143 Å². The molecule has 0 saturated carbocycles. The number of carbonyl (C=O) groups excluding carboxylic acids is 1. The van der Waals surface area contributed by atoms with Gasteiger partial charge in [-0.3, -0.25) is 9.69 Å². The van der Waals surface area contributed by atoms with Crippen LogP contribution < -0.4 is 0 Å². The number of amides is 1. The lowest BCUT2D eigenvalue weighted by molar-refractivity contribution is -0.131. The molecule has 3 heterocycles. The molecule has 0 aliphatic carbocycles.